The molecular formula is C18H32O16. The number of hydrogen-bond acceptors (Lipinski definition) is 16. The Balaban J connectivity index is 1.69. The van der Waals surface area contributed by atoms with E-state index in [0.29, 0.717) is 0 Å². The zero-order chi connectivity index (χ0) is 25.4. The first-order valence-electron chi connectivity index (χ1n) is 10.6. The molecular weight excluding hydrogens is 472 g/mol. The van der Waals surface area contributed by atoms with Gasteiger partial charge in [0.05, 0.1) is 19.8 Å². The molecule has 3 saturated heterocycles. The number of rotatable bonds is 8. The van der Waals surface area contributed by atoms with Gasteiger partial charge in [0.25, 0.3) is 0 Å². The third-order valence-electron chi connectivity index (χ3n) is 6.16. The lowest BCUT2D eigenvalue weighted by Gasteiger charge is -2.44. The second kappa shape index (κ2) is 11.2. The Kier molecular flexibility index (Phi) is 9.18. The maximum atomic E-state index is 10.3. The molecule has 0 saturated carbocycles. The second-order valence-electron chi connectivity index (χ2n) is 8.41. The Morgan fingerprint density at radius 1 is 0.588 bits per heavy atom. The Morgan fingerprint density at radius 3 is 1.65 bits per heavy atom. The van der Waals surface area contributed by atoms with Crippen LogP contribution in [0, 0.1) is 0 Å². The van der Waals surface area contributed by atoms with Crippen LogP contribution in [0.3, 0.4) is 0 Å². The van der Waals surface area contributed by atoms with Crippen LogP contribution in [0.5, 0.6) is 0 Å². The zero-order valence-electron chi connectivity index (χ0n) is 17.8. The molecule has 0 bridgehead atoms. The third-order valence-corrected chi connectivity index (χ3v) is 6.16. The van der Waals surface area contributed by atoms with Crippen LogP contribution < -0.4 is 0 Å². The highest BCUT2D eigenvalue weighted by atomic mass is 16.8. The first kappa shape index (κ1) is 27.9. The molecule has 14 atom stereocenters. The lowest BCUT2D eigenvalue weighted by molar-refractivity contribution is -0.388. The molecule has 3 rings (SSSR count). The van der Waals surface area contributed by atoms with Crippen molar-refractivity contribution in [2.24, 2.45) is 0 Å². The molecule has 0 spiro atoms. The van der Waals surface area contributed by atoms with Crippen molar-refractivity contribution in [3.63, 3.8) is 0 Å². The Morgan fingerprint density at radius 2 is 1.12 bits per heavy atom. The van der Waals surface area contributed by atoms with Crippen LogP contribution in [-0.4, -0.2) is 168 Å². The van der Waals surface area contributed by atoms with Crippen LogP contribution in [-0.2, 0) is 23.7 Å². The average Bonchev–Trinajstić information content (AvgIpc) is 3.08. The maximum absolute atomic E-state index is 10.3. The minimum atomic E-state index is -2.36. The van der Waals surface area contributed by atoms with E-state index in [-0.39, 0.29) is 0 Å². The van der Waals surface area contributed by atoms with E-state index in [4.69, 9.17) is 23.7 Å². The van der Waals surface area contributed by atoms with Gasteiger partial charge in [-0.15, -0.1) is 0 Å². The molecule has 0 amide bonds. The van der Waals surface area contributed by atoms with E-state index < -0.39 is 112 Å². The van der Waals surface area contributed by atoms with Gasteiger partial charge in [-0.3, -0.25) is 0 Å². The van der Waals surface area contributed by atoms with Gasteiger partial charge in [0.1, 0.15) is 73.8 Å². The molecule has 3 fully saturated rings. The van der Waals surface area contributed by atoms with E-state index in [0.717, 1.165) is 0 Å². The fraction of sp³-hybridized carbons (Fsp3) is 1.00. The van der Waals surface area contributed by atoms with Gasteiger partial charge in [0, 0.05) is 0 Å². The molecule has 11 N–H and O–H groups in total. The summed E-state index contributed by atoms with van der Waals surface area (Å²) in [6.45, 7) is -3.14. The molecule has 3 aliphatic heterocycles. The number of aliphatic hydroxyl groups is 11. The van der Waals surface area contributed by atoms with E-state index in [1.54, 1.807) is 0 Å². The molecule has 3 aliphatic rings. The summed E-state index contributed by atoms with van der Waals surface area (Å²) in [5.74, 6) is -2.36. The molecule has 34 heavy (non-hydrogen) atoms. The van der Waals surface area contributed by atoms with Crippen molar-refractivity contribution in [2.45, 2.75) is 85.5 Å². The first-order valence-corrected chi connectivity index (χ1v) is 10.6. The number of ether oxygens (including phenoxy) is 5. The van der Waals surface area contributed by atoms with Crippen LogP contribution in [0.25, 0.3) is 0 Å². The van der Waals surface area contributed by atoms with E-state index in [2.05, 4.69) is 0 Å². The lowest BCUT2D eigenvalue weighted by atomic mass is 9.98. The van der Waals surface area contributed by atoms with Crippen molar-refractivity contribution >= 4 is 0 Å². The number of hydrogen-bond donors (Lipinski definition) is 11. The van der Waals surface area contributed by atoms with Crippen molar-refractivity contribution < 1.29 is 79.9 Å². The van der Waals surface area contributed by atoms with Crippen LogP contribution in [0.4, 0.5) is 0 Å². The first-order chi connectivity index (χ1) is 16.0. The normalized spacial score (nSPS) is 52.1. The summed E-state index contributed by atoms with van der Waals surface area (Å²) in [5.41, 5.74) is 0. The average molecular weight is 504 g/mol. The minimum absolute atomic E-state index is 0.634. The third kappa shape index (κ3) is 5.09. The van der Waals surface area contributed by atoms with Crippen molar-refractivity contribution in [3.05, 3.63) is 0 Å². The van der Waals surface area contributed by atoms with Gasteiger partial charge < -0.3 is 79.9 Å². The van der Waals surface area contributed by atoms with Crippen molar-refractivity contribution in [3.8, 4) is 0 Å². The molecule has 200 valence electrons. The minimum Gasteiger partial charge on any atom is -0.394 e. The summed E-state index contributed by atoms with van der Waals surface area (Å²) < 4.78 is 26.4. The lowest BCUT2D eigenvalue weighted by Crippen LogP contribution is -2.63. The summed E-state index contributed by atoms with van der Waals surface area (Å²) in [6, 6.07) is 0. The van der Waals surface area contributed by atoms with Gasteiger partial charge in [-0.05, 0) is 0 Å². The van der Waals surface area contributed by atoms with Crippen molar-refractivity contribution in [1.29, 1.82) is 0 Å². The molecule has 16 nitrogen and oxygen atoms in total. The van der Waals surface area contributed by atoms with E-state index >= 15 is 0 Å². The van der Waals surface area contributed by atoms with Gasteiger partial charge in [-0.25, -0.2) is 0 Å². The van der Waals surface area contributed by atoms with E-state index in [1.807, 2.05) is 0 Å². The summed E-state index contributed by atoms with van der Waals surface area (Å²) in [6.07, 6.45) is -21.8. The molecule has 0 aromatic rings. The fourth-order valence-corrected chi connectivity index (χ4v) is 4.01. The van der Waals surface area contributed by atoms with Gasteiger partial charge in [0.15, 0.2) is 12.6 Å². The van der Waals surface area contributed by atoms with Crippen molar-refractivity contribution in [1.82, 2.24) is 0 Å². The molecule has 3 heterocycles. The molecule has 0 unspecified atom stereocenters. The Bertz CT molecular complexity index is 653. The maximum Gasteiger partial charge on any atom is 0.224 e. The fourth-order valence-electron chi connectivity index (χ4n) is 4.01. The van der Waals surface area contributed by atoms with Crippen LogP contribution in [0.15, 0.2) is 0 Å². The topological polar surface area (TPSA) is 269 Å². The molecule has 0 aromatic heterocycles. The smallest absolute Gasteiger partial charge is 0.224 e. The standard InChI is InChI=1S/C18H32O16/c19-1-5-8(22)11(25)13(27)16(31-5)30-3-7-9(23)12(26)14(28)17(32-7)34-18(4-21)15(29)10(24)6(2-20)33-18/h5-17,19-29H,1-4H2/t5-,6-,7-,8-,9+,10+,11+,12+,13-,14+,15-,16-,17+,18-/m0/s1. The quantitative estimate of drug-likeness (QED) is 0.146. The monoisotopic (exact) mass is 504 g/mol. The summed E-state index contributed by atoms with van der Waals surface area (Å²) in [4.78, 5) is 0. The zero-order valence-corrected chi connectivity index (χ0v) is 17.8. The predicted molar refractivity (Wildman–Crippen MR) is 101 cm³/mol. The van der Waals surface area contributed by atoms with E-state index in [1.165, 1.54) is 0 Å². The highest BCUT2D eigenvalue weighted by Crippen LogP contribution is 2.36. The molecule has 0 radical (unpaired) electrons. The van der Waals surface area contributed by atoms with Gasteiger partial charge in [-0.2, -0.15) is 0 Å². The van der Waals surface area contributed by atoms with E-state index in [9.17, 15) is 56.2 Å². The van der Waals surface area contributed by atoms with Crippen LogP contribution >= 0.6 is 0 Å². The predicted octanol–water partition coefficient (Wildman–Crippen LogP) is -7.57. The van der Waals surface area contributed by atoms with Crippen molar-refractivity contribution in [2.75, 3.05) is 26.4 Å². The highest BCUT2D eigenvalue weighted by Gasteiger charge is 2.58. The Labute approximate surface area is 192 Å². The largest absolute Gasteiger partial charge is 0.394 e. The SMILES string of the molecule is OC[C@@H]1O[C@H](OC[C@@H]2O[C@H](O[C@]3(CO)O[C@@H](CO)[C@@H](O)[C@@H]3O)[C@H](O)[C@H](O)[C@@H]2O)[C@@H](O)[C@H](O)[C@H]1O. The second-order valence-corrected chi connectivity index (χ2v) is 8.41. The molecule has 0 aromatic carbocycles. The summed E-state index contributed by atoms with van der Waals surface area (Å²) in [5, 5.41) is 109. The van der Waals surface area contributed by atoms with Crippen LogP contribution in [0.2, 0.25) is 0 Å². The van der Waals surface area contributed by atoms with Crippen LogP contribution in [0.1, 0.15) is 0 Å². The van der Waals surface area contributed by atoms with Gasteiger partial charge in [-0.1, -0.05) is 0 Å². The Hall–Kier alpha value is -0.640. The van der Waals surface area contributed by atoms with Gasteiger partial charge in [0.2, 0.25) is 5.79 Å². The van der Waals surface area contributed by atoms with Gasteiger partial charge >= 0.3 is 0 Å². The summed E-state index contributed by atoms with van der Waals surface area (Å²) in [7, 11) is 0. The number of aliphatic hydroxyl groups excluding tert-OH is 11. The molecule has 16 heteroatoms. The molecule has 0 aliphatic carbocycles. The highest BCUT2D eigenvalue weighted by molar-refractivity contribution is 4.98. The summed E-state index contributed by atoms with van der Waals surface area (Å²) >= 11 is 0.